The normalized spacial score (nSPS) is 10.3. The molecule has 0 spiro atoms. The van der Waals surface area contributed by atoms with Crippen molar-refractivity contribution in [3.63, 3.8) is 0 Å². The molecule has 0 atom stereocenters. The quantitative estimate of drug-likeness (QED) is 0.375. The van der Waals surface area contributed by atoms with Crippen molar-refractivity contribution in [3.05, 3.63) is 28.8 Å². The number of allylic oxidation sites excluding steroid dienone is 1. The van der Waals surface area contributed by atoms with Gasteiger partial charge >= 0.3 is 0 Å². The van der Waals surface area contributed by atoms with E-state index >= 15 is 0 Å². The SMILES string of the molecule is C=CCCCCc1nc(Cl)nc(Cl)c1N. The lowest BCUT2D eigenvalue weighted by molar-refractivity contribution is 0.735. The van der Waals surface area contributed by atoms with Crippen molar-refractivity contribution < 1.29 is 0 Å². The maximum Gasteiger partial charge on any atom is 0.224 e. The van der Waals surface area contributed by atoms with Gasteiger partial charge in [-0.1, -0.05) is 17.7 Å². The summed E-state index contributed by atoms with van der Waals surface area (Å²) in [6.45, 7) is 3.66. The third kappa shape index (κ3) is 3.68. The molecule has 0 aliphatic rings. The predicted octanol–water partition coefficient (Wildman–Crippen LogP) is 3.26. The molecule has 15 heavy (non-hydrogen) atoms. The van der Waals surface area contributed by atoms with Gasteiger partial charge in [-0.15, -0.1) is 6.58 Å². The van der Waals surface area contributed by atoms with Crippen LogP contribution in [0.5, 0.6) is 0 Å². The number of nitrogen functional groups attached to an aromatic ring is 1. The fourth-order valence-electron chi connectivity index (χ4n) is 1.23. The average Bonchev–Trinajstić information content (AvgIpc) is 2.19. The predicted molar refractivity (Wildman–Crippen MR) is 64.2 cm³/mol. The van der Waals surface area contributed by atoms with E-state index in [0.29, 0.717) is 5.69 Å². The lowest BCUT2D eigenvalue weighted by atomic mass is 10.1. The van der Waals surface area contributed by atoms with Gasteiger partial charge in [-0.2, -0.15) is 0 Å². The number of rotatable bonds is 5. The van der Waals surface area contributed by atoms with Gasteiger partial charge in [0.15, 0.2) is 5.15 Å². The molecule has 0 radical (unpaired) electrons. The first-order valence-electron chi connectivity index (χ1n) is 4.73. The molecule has 0 amide bonds. The van der Waals surface area contributed by atoms with Crippen LogP contribution in [0.15, 0.2) is 12.7 Å². The van der Waals surface area contributed by atoms with E-state index < -0.39 is 0 Å². The van der Waals surface area contributed by atoms with Gasteiger partial charge in [-0.3, -0.25) is 0 Å². The van der Waals surface area contributed by atoms with Crippen LogP contribution in [0, 0.1) is 0 Å². The van der Waals surface area contributed by atoms with E-state index in [2.05, 4.69) is 16.5 Å². The Bertz CT molecular complexity index is 353. The second-order valence-corrected chi connectivity index (χ2v) is 3.87. The Morgan fingerprint density at radius 2 is 2.00 bits per heavy atom. The van der Waals surface area contributed by atoms with Gasteiger partial charge in [0.2, 0.25) is 5.28 Å². The second kappa shape index (κ2) is 5.93. The molecule has 0 saturated carbocycles. The van der Waals surface area contributed by atoms with Crippen LogP contribution in [-0.2, 0) is 6.42 Å². The highest BCUT2D eigenvalue weighted by Gasteiger charge is 2.08. The largest absolute Gasteiger partial charge is 0.395 e. The Labute approximate surface area is 99.3 Å². The molecule has 1 rings (SSSR count). The van der Waals surface area contributed by atoms with Crippen LogP contribution in [-0.4, -0.2) is 9.97 Å². The minimum Gasteiger partial charge on any atom is -0.395 e. The summed E-state index contributed by atoms with van der Waals surface area (Å²) in [5.41, 5.74) is 6.89. The molecule has 5 heteroatoms. The van der Waals surface area contributed by atoms with E-state index in [-0.39, 0.29) is 10.4 Å². The van der Waals surface area contributed by atoms with Crippen LogP contribution < -0.4 is 5.73 Å². The molecule has 82 valence electrons. The first kappa shape index (κ1) is 12.3. The van der Waals surface area contributed by atoms with Gasteiger partial charge in [-0.05, 0) is 37.3 Å². The summed E-state index contributed by atoms with van der Waals surface area (Å²) in [7, 11) is 0. The molecule has 0 aliphatic heterocycles. The zero-order valence-electron chi connectivity index (χ0n) is 8.34. The minimum atomic E-state index is 0.146. The van der Waals surface area contributed by atoms with Gasteiger partial charge in [-0.25, -0.2) is 9.97 Å². The average molecular weight is 246 g/mol. The fourth-order valence-corrected chi connectivity index (χ4v) is 1.65. The first-order chi connectivity index (χ1) is 7.15. The van der Waals surface area contributed by atoms with E-state index in [0.717, 1.165) is 31.4 Å². The molecule has 1 aromatic rings. The molecular formula is C10H13Cl2N3. The Morgan fingerprint density at radius 1 is 1.27 bits per heavy atom. The van der Waals surface area contributed by atoms with Crippen LogP contribution in [0.2, 0.25) is 10.4 Å². The molecule has 0 bridgehead atoms. The summed E-state index contributed by atoms with van der Waals surface area (Å²) >= 11 is 11.5. The second-order valence-electron chi connectivity index (χ2n) is 3.18. The zero-order chi connectivity index (χ0) is 11.3. The summed E-state index contributed by atoms with van der Waals surface area (Å²) in [6, 6.07) is 0. The molecule has 0 aliphatic carbocycles. The Kier molecular flexibility index (Phi) is 4.85. The van der Waals surface area contributed by atoms with Crippen molar-refractivity contribution >= 4 is 28.9 Å². The monoisotopic (exact) mass is 245 g/mol. The standard InChI is InChI=1S/C10H13Cl2N3/c1-2-3-4-5-6-7-8(13)9(11)15-10(12)14-7/h2H,1,3-6,13H2. The van der Waals surface area contributed by atoms with Crippen LogP contribution in [0.25, 0.3) is 0 Å². The van der Waals surface area contributed by atoms with Crippen LogP contribution in [0.1, 0.15) is 25.0 Å². The molecule has 0 fully saturated rings. The van der Waals surface area contributed by atoms with Crippen molar-refractivity contribution in [3.8, 4) is 0 Å². The maximum atomic E-state index is 5.78. The van der Waals surface area contributed by atoms with Gasteiger partial charge in [0, 0.05) is 0 Å². The van der Waals surface area contributed by atoms with Crippen molar-refractivity contribution in [1.29, 1.82) is 0 Å². The van der Waals surface area contributed by atoms with Crippen LogP contribution >= 0.6 is 23.2 Å². The van der Waals surface area contributed by atoms with Gasteiger partial charge < -0.3 is 5.73 Å². The van der Waals surface area contributed by atoms with Crippen molar-refractivity contribution in [2.24, 2.45) is 0 Å². The van der Waals surface area contributed by atoms with Crippen molar-refractivity contribution in [2.75, 3.05) is 5.73 Å². The zero-order valence-corrected chi connectivity index (χ0v) is 9.85. The van der Waals surface area contributed by atoms with Crippen LogP contribution in [0.4, 0.5) is 5.69 Å². The smallest absolute Gasteiger partial charge is 0.224 e. The van der Waals surface area contributed by atoms with E-state index in [1.807, 2.05) is 6.08 Å². The highest BCUT2D eigenvalue weighted by molar-refractivity contribution is 6.33. The van der Waals surface area contributed by atoms with Gasteiger partial charge in [0.25, 0.3) is 0 Å². The highest BCUT2D eigenvalue weighted by Crippen LogP contribution is 2.22. The van der Waals surface area contributed by atoms with Crippen LogP contribution in [0.3, 0.4) is 0 Å². The number of aryl methyl sites for hydroxylation is 1. The summed E-state index contributed by atoms with van der Waals surface area (Å²) in [5, 5.41) is 0.377. The molecule has 0 aromatic carbocycles. The molecule has 1 aromatic heterocycles. The lowest BCUT2D eigenvalue weighted by Gasteiger charge is -2.05. The summed E-state index contributed by atoms with van der Waals surface area (Å²) in [6.07, 6.45) is 5.69. The van der Waals surface area contributed by atoms with E-state index in [4.69, 9.17) is 28.9 Å². The number of halogens is 2. The third-order valence-corrected chi connectivity index (χ3v) is 2.48. The highest BCUT2D eigenvalue weighted by atomic mass is 35.5. The topological polar surface area (TPSA) is 51.8 Å². The first-order valence-corrected chi connectivity index (χ1v) is 5.49. The third-order valence-electron chi connectivity index (χ3n) is 2.02. The Balaban J connectivity index is 2.63. The lowest BCUT2D eigenvalue weighted by Crippen LogP contribution is -2.01. The molecule has 2 N–H and O–H groups in total. The molecular weight excluding hydrogens is 233 g/mol. The summed E-state index contributed by atoms with van der Waals surface area (Å²) in [4.78, 5) is 7.81. The van der Waals surface area contributed by atoms with Crippen molar-refractivity contribution in [1.82, 2.24) is 9.97 Å². The van der Waals surface area contributed by atoms with Gasteiger partial charge in [0.05, 0.1) is 11.4 Å². The summed E-state index contributed by atoms with van der Waals surface area (Å²) in [5.74, 6) is 0. The maximum absolute atomic E-state index is 5.78. The number of hydrogen-bond donors (Lipinski definition) is 1. The number of nitrogens with zero attached hydrogens (tertiary/aromatic N) is 2. The molecule has 1 heterocycles. The van der Waals surface area contributed by atoms with Gasteiger partial charge in [0.1, 0.15) is 0 Å². The number of unbranched alkanes of at least 4 members (excludes halogenated alkanes) is 2. The Morgan fingerprint density at radius 3 is 2.67 bits per heavy atom. The minimum absolute atomic E-state index is 0.146. The Hall–Kier alpha value is -0.800. The molecule has 3 nitrogen and oxygen atoms in total. The molecule has 0 unspecified atom stereocenters. The summed E-state index contributed by atoms with van der Waals surface area (Å²) < 4.78 is 0. The number of nitrogens with two attached hydrogens (primary N) is 1. The number of anilines is 1. The number of aromatic nitrogens is 2. The van der Waals surface area contributed by atoms with Crippen molar-refractivity contribution in [2.45, 2.75) is 25.7 Å². The fraction of sp³-hybridized carbons (Fsp3) is 0.400. The van der Waals surface area contributed by atoms with E-state index in [9.17, 15) is 0 Å². The van der Waals surface area contributed by atoms with E-state index in [1.54, 1.807) is 0 Å². The molecule has 0 saturated heterocycles. The van der Waals surface area contributed by atoms with E-state index in [1.165, 1.54) is 0 Å². The number of hydrogen-bond acceptors (Lipinski definition) is 3.